The summed E-state index contributed by atoms with van der Waals surface area (Å²) in [5.74, 6) is 0.606. The third kappa shape index (κ3) is 1.73. The molecule has 1 heterocycles. The first kappa shape index (κ1) is 12.4. The van der Waals surface area contributed by atoms with Crippen molar-refractivity contribution in [1.82, 2.24) is 9.55 Å². The number of nitrogen functional groups attached to an aromatic ring is 1. The van der Waals surface area contributed by atoms with E-state index >= 15 is 0 Å². The van der Waals surface area contributed by atoms with Crippen molar-refractivity contribution in [3.8, 4) is 0 Å². The molecule has 3 rings (SSSR count). The SMILES string of the molecule is CC(O)c1nc2cc(N)ccc2n1C1(CO)CCC1. The van der Waals surface area contributed by atoms with Gasteiger partial charge in [-0.05, 0) is 44.4 Å². The Morgan fingerprint density at radius 3 is 2.74 bits per heavy atom. The van der Waals surface area contributed by atoms with Crippen LogP contribution in [0, 0.1) is 0 Å². The van der Waals surface area contributed by atoms with Crippen LogP contribution in [-0.4, -0.2) is 26.4 Å². The summed E-state index contributed by atoms with van der Waals surface area (Å²) in [5.41, 5.74) is 7.83. The zero-order chi connectivity index (χ0) is 13.6. The highest BCUT2D eigenvalue weighted by atomic mass is 16.3. The predicted molar refractivity (Wildman–Crippen MR) is 73.7 cm³/mol. The van der Waals surface area contributed by atoms with Crippen molar-refractivity contribution in [3.63, 3.8) is 0 Å². The molecule has 1 unspecified atom stereocenters. The lowest BCUT2D eigenvalue weighted by atomic mass is 9.76. The van der Waals surface area contributed by atoms with Crippen LogP contribution in [0.5, 0.6) is 0 Å². The number of anilines is 1. The first-order valence-corrected chi connectivity index (χ1v) is 6.65. The molecule has 2 aromatic rings. The Morgan fingerprint density at radius 2 is 2.21 bits per heavy atom. The van der Waals surface area contributed by atoms with E-state index in [2.05, 4.69) is 4.98 Å². The second-order valence-electron chi connectivity index (χ2n) is 5.47. The van der Waals surface area contributed by atoms with Gasteiger partial charge in [-0.15, -0.1) is 0 Å². The molecule has 0 aliphatic heterocycles. The Bertz CT molecular complexity index is 609. The van der Waals surface area contributed by atoms with E-state index in [0.717, 1.165) is 30.3 Å². The van der Waals surface area contributed by atoms with E-state index in [1.807, 2.05) is 16.7 Å². The average molecular weight is 261 g/mol. The smallest absolute Gasteiger partial charge is 0.139 e. The summed E-state index contributed by atoms with van der Waals surface area (Å²) in [7, 11) is 0. The van der Waals surface area contributed by atoms with E-state index in [1.165, 1.54) is 0 Å². The van der Waals surface area contributed by atoms with Gasteiger partial charge in [0.05, 0.1) is 23.2 Å². The van der Waals surface area contributed by atoms with Crippen molar-refractivity contribution in [2.24, 2.45) is 0 Å². The molecular formula is C14H19N3O2. The van der Waals surface area contributed by atoms with Gasteiger partial charge >= 0.3 is 0 Å². The molecule has 1 aromatic carbocycles. The molecule has 1 aromatic heterocycles. The number of fused-ring (bicyclic) bond motifs is 1. The minimum Gasteiger partial charge on any atom is -0.399 e. The Hall–Kier alpha value is -1.59. The molecule has 0 saturated heterocycles. The molecule has 5 heteroatoms. The average Bonchev–Trinajstić information content (AvgIpc) is 2.68. The maximum absolute atomic E-state index is 9.96. The van der Waals surface area contributed by atoms with Gasteiger partial charge < -0.3 is 20.5 Å². The van der Waals surface area contributed by atoms with E-state index in [1.54, 1.807) is 13.0 Å². The summed E-state index contributed by atoms with van der Waals surface area (Å²) < 4.78 is 2.01. The van der Waals surface area contributed by atoms with Crippen molar-refractivity contribution in [2.45, 2.75) is 37.8 Å². The normalized spacial score (nSPS) is 19.3. The van der Waals surface area contributed by atoms with Crippen molar-refractivity contribution in [3.05, 3.63) is 24.0 Å². The molecule has 4 N–H and O–H groups in total. The number of benzene rings is 1. The summed E-state index contributed by atoms with van der Waals surface area (Å²) in [5, 5.41) is 19.7. The molecule has 0 radical (unpaired) electrons. The fraction of sp³-hybridized carbons (Fsp3) is 0.500. The topological polar surface area (TPSA) is 84.3 Å². The van der Waals surface area contributed by atoms with E-state index < -0.39 is 6.10 Å². The quantitative estimate of drug-likeness (QED) is 0.732. The number of hydrogen-bond donors (Lipinski definition) is 3. The van der Waals surface area contributed by atoms with E-state index in [9.17, 15) is 10.2 Å². The summed E-state index contributed by atoms with van der Waals surface area (Å²) >= 11 is 0. The molecule has 0 bridgehead atoms. The van der Waals surface area contributed by atoms with Gasteiger partial charge in [0.25, 0.3) is 0 Å². The number of nitrogens with two attached hydrogens (primary N) is 1. The van der Waals surface area contributed by atoms with Crippen LogP contribution >= 0.6 is 0 Å². The highest BCUT2D eigenvalue weighted by molar-refractivity contribution is 5.80. The number of aromatic nitrogens is 2. The van der Waals surface area contributed by atoms with Gasteiger partial charge in [0.15, 0.2) is 0 Å². The van der Waals surface area contributed by atoms with Crippen LogP contribution in [0.25, 0.3) is 11.0 Å². The number of nitrogens with zero attached hydrogens (tertiary/aromatic N) is 2. The highest BCUT2D eigenvalue weighted by Gasteiger charge is 2.41. The number of imidazole rings is 1. The van der Waals surface area contributed by atoms with E-state index in [0.29, 0.717) is 11.5 Å². The lowest BCUT2D eigenvalue weighted by molar-refractivity contribution is 0.0482. The number of rotatable bonds is 3. The molecule has 19 heavy (non-hydrogen) atoms. The zero-order valence-electron chi connectivity index (χ0n) is 11.0. The summed E-state index contributed by atoms with van der Waals surface area (Å²) in [6.07, 6.45) is 2.25. The van der Waals surface area contributed by atoms with E-state index in [4.69, 9.17) is 5.73 Å². The second kappa shape index (κ2) is 4.21. The van der Waals surface area contributed by atoms with Crippen LogP contribution in [0.1, 0.15) is 38.1 Å². The molecule has 1 aliphatic carbocycles. The van der Waals surface area contributed by atoms with Crippen LogP contribution < -0.4 is 5.73 Å². The number of hydrogen-bond acceptors (Lipinski definition) is 4. The number of aliphatic hydroxyl groups is 2. The molecule has 0 amide bonds. The first-order chi connectivity index (χ1) is 9.07. The maximum atomic E-state index is 9.96. The van der Waals surface area contributed by atoms with Crippen LogP contribution in [0.2, 0.25) is 0 Å². The van der Waals surface area contributed by atoms with Crippen molar-refractivity contribution in [2.75, 3.05) is 12.3 Å². The Balaban J connectivity index is 2.28. The predicted octanol–water partition coefficient (Wildman–Crippen LogP) is 1.54. The van der Waals surface area contributed by atoms with Crippen LogP contribution in [-0.2, 0) is 5.54 Å². The van der Waals surface area contributed by atoms with Crippen LogP contribution in [0.4, 0.5) is 5.69 Å². The molecule has 0 spiro atoms. The van der Waals surface area contributed by atoms with Crippen LogP contribution in [0.15, 0.2) is 18.2 Å². The zero-order valence-corrected chi connectivity index (χ0v) is 11.0. The standard InChI is InChI=1S/C14H19N3O2/c1-9(19)13-16-11-7-10(15)3-4-12(11)17(13)14(8-18)5-2-6-14/h3-4,7,9,18-19H,2,5-6,8,15H2,1H3. The molecule has 5 nitrogen and oxygen atoms in total. The lowest BCUT2D eigenvalue weighted by Crippen LogP contribution is -2.45. The lowest BCUT2D eigenvalue weighted by Gasteiger charge is -2.43. The minimum absolute atomic E-state index is 0.0720. The summed E-state index contributed by atoms with van der Waals surface area (Å²) in [4.78, 5) is 4.49. The van der Waals surface area contributed by atoms with Gasteiger partial charge in [0.2, 0.25) is 0 Å². The van der Waals surface area contributed by atoms with Crippen LogP contribution in [0.3, 0.4) is 0 Å². The summed E-state index contributed by atoms with van der Waals surface area (Å²) in [6, 6.07) is 5.55. The fourth-order valence-corrected chi connectivity index (χ4v) is 2.93. The van der Waals surface area contributed by atoms with Crippen molar-refractivity contribution >= 4 is 16.7 Å². The van der Waals surface area contributed by atoms with Gasteiger partial charge in [-0.1, -0.05) is 0 Å². The Labute approximate surface area is 111 Å². The highest BCUT2D eigenvalue weighted by Crippen LogP contribution is 2.42. The third-order valence-electron chi connectivity index (χ3n) is 4.13. The van der Waals surface area contributed by atoms with Gasteiger partial charge in [0.1, 0.15) is 11.9 Å². The molecular weight excluding hydrogens is 242 g/mol. The minimum atomic E-state index is -0.669. The molecule has 102 valence electrons. The molecule has 1 saturated carbocycles. The first-order valence-electron chi connectivity index (χ1n) is 6.65. The van der Waals surface area contributed by atoms with Gasteiger partial charge in [0, 0.05) is 5.69 Å². The third-order valence-corrected chi connectivity index (χ3v) is 4.13. The van der Waals surface area contributed by atoms with Gasteiger partial charge in [-0.3, -0.25) is 0 Å². The van der Waals surface area contributed by atoms with Crippen molar-refractivity contribution in [1.29, 1.82) is 0 Å². The largest absolute Gasteiger partial charge is 0.399 e. The molecule has 1 aliphatic rings. The molecule has 1 fully saturated rings. The maximum Gasteiger partial charge on any atom is 0.139 e. The van der Waals surface area contributed by atoms with Gasteiger partial charge in [-0.25, -0.2) is 4.98 Å². The second-order valence-corrected chi connectivity index (χ2v) is 5.47. The monoisotopic (exact) mass is 261 g/mol. The Morgan fingerprint density at radius 1 is 1.47 bits per heavy atom. The van der Waals surface area contributed by atoms with Gasteiger partial charge in [-0.2, -0.15) is 0 Å². The Kier molecular flexibility index (Phi) is 2.76. The number of aliphatic hydroxyl groups excluding tert-OH is 2. The molecule has 1 atom stereocenters. The fourth-order valence-electron chi connectivity index (χ4n) is 2.93. The summed E-state index contributed by atoms with van der Waals surface area (Å²) in [6.45, 7) is 1.77. The van der Waals surface area contributed by atoms with Crippen molar-refractivity contribution < 1.29 is 10.2 Å². The van der Waals surface area contributed by atoms with E-state index in [-0.39, 0.29) is 12.1 Å².